The van der Waals surface area contributed by atoms with E-state index in [0.29, 0.717) is 12.5 Å². The molecule has 0 aliphatic carbocycles. The molecule has 1 unspecified atom stereocenters. The summed E-state index contributed by atoms with van der Waals surface area (Å²) in [6, 6.07) is 0. The van der Waals surface area contributed by atoms with E-state index >= 15 is 0 Å². The number of unbranched alkanes of at least 4 members (excludes halogenated alkanes) is 10. The second-order valence-electron chi connectivity index (χ2n) is 7.08. The van der Waals surface area contributed by atoms with Gasteiger partial charge in [-0.2, -0.15) is 0 Å². The highest BCUT2D eigenvalue weighted by atomic mass is 16.2. The summed E-state index contributed by atoms with van der Waals surface area (Å²) in [6.45, 7) is 4.53. The molecule has 1 aliphatic rings. The first kappa shape index (κ1) is 20.5. The smallest absolute Gasteiger partial charge is 0.0995 e. The van der Waals surface area contributed by atoms with E-state index < -0.39 is 0 Å². The van der Waals surface area contributed by atoms with E-state index in [1.165, 1.54) is 82.9 Å². The zero-order valence-corrected chi connectivity index (χ0v) is 15.5. The van der Waals surface area contributed by atoms with Crippen LogP contribution in [0, 0.1) is 5.92 Å². The fraction of sp³-hybridized carbons (Fsp3) is 0.950. The SMILES string of the molecule is CCCCCCCCCCCCCC(CCCO)C1=NCCN1. The second kappa shape index (κ2) is 15.0. The molecule has 0 saturated heterocycles. The minimum atomic E-state index is 0.308. The van der Waals surface area contributed by atoms with E-state index in [1.807, 2.05) is 0 Å². The molecule has 23 heavy (non-hydrogen) atoms. The van der Waals surface area contributed by atoms with Gasteiger partial charge in [-0.25, -0.2) is 0 Å². The monoisotopic (exact) mass is 324 g/mol. The summed E-state index contributed by atoms with van der Waals surface area (Å²) in [5, 5.41) is 12.5. The molecule has 0 aromatic heterocycles. The third-order valence-electron chi connectivity index (χ3n) is 4.95. The normalized spacial score (nSPS) is 15.5. The van der Waals surface area contributed by atoms with Gasteiger partial charge in [0.25, 0.3) is 0 Å². The molecule has 1 heterocycles. The number of hydrogen-bond donors (Lipinski definition) is 2. The first-order chi connectivity index (χ1) is 11.4. The number of hydrogen-bond acceptors (Lipinski definition) is 3. The van der Waals surface area contributed by atoms with Crippen LogP contribution in [-0.4, -0.2) is 30.6 Å². The molecule has 0 saturated carbocycles. The number of rotatable bonds is 16. The highest BCUT2D eigenvalue weighted by molar-refractivity contribution is 5.85. The molecule has 0 amide bonds. The topological polar surface area (TPSA) is 44.6 Å². The van der Waals surface area contributed by atoms with Crippen LogP contribution in [-0.2, 0) is 0 Å². The average molecular weight is 325 g/mol. The summed E-state index contributed by atoms with van der Waals surface area (Å²) in [5.74, 6) is 1.77. The van der Waals surface area contributed by atoms with Crippen molar-refractivity contribution in [1.82, 2.24) is 5.32 Å². The largest absolute Gasteiger partial charge is 0.396 e. The van der Waals surface area contributed by atoms with Gasteiger partial charge in [0.2, 0.25) is 0 Å². The number of nitrogens with one attached hydrogen (secondary N) is 1. The molecule has 0 spiro atoms. The molecular weight excluding hydrogens is 284 g/mol. The molecule has 2 N–H and O–H groups in total. The maximum atomic E-state index is 9.06. The molecular formula is C20H40N2O. The van der Waals surface area contributed by atoms with Crippen molar-refractivity contribution in [3.8, 4) is 0 Å². The van der Waals surface area contributed by atoms with Crippen LogP contribution in [0.4, 0.5) is 0 Å². The van der Waals surface area contributed by atoms with E-state index in [-0.39, 0.29) is 0 Å². The first-order valence-electron chi connectivity index (χ1n) is 10.3. The number of nitrogens with zero attached hydrogens (tertiary/aromatic N) is 1. The standard InChI is InChI=1S/C20H40N2O/c1-2-3-4-5-6-7-8-9-10-11-12-14-19(15-13-18-23)20-21-16-17-22-20/h19,23H,2-18H2,1H3,(H,21,22). The van der Waals surface area contributed by atoms with Gasteiger partial charge in [0.05, 0.1) is 12.4 Å². The van der Waals surface area contributed by atoms with Crippen molar-refractivity contribution >= 4 is 5.84 Å². The molecule has 3 nitrogen and oxygen atoms in total. The molecule has 0 bridgehead atoms. The van der Waals surface area contributed by atoms with Gasteiger partial charge in [0.15, 0.2) is 0 Å². The quantitative estimate of drug-likeness (QED) is 0.389. The van der Waals surface area contributed by atoms with E-state index in [4.69, 9.17) is 5.11 Å². The molecule has 1 atom stereocenters. The number of aliphatic hydroxyl groups is 1. The van der Waals surface area contributed by atoms with Crippen molar-refractivity contribution < 1.29 is 5.11 Å². The maximum Gasteiger partial charge on any atom is 0.0995 e. The van der Waals surface area contributed by atoms with Gasteiger partial charge in [-0.1, -0.05) is 77.6 Å². The van der Waals surface area contributed by atoms with E-state index in [0.717, 1.165) is 25.9 Å². The Kier molecular flexibility index (Phi) is 13.3. The third-order valence-corrected chi connectivity index (χ3v) is 4.95. The first-order valence-corrected chi connectivity index (χ1v) is 10.3. The average Bonchev–Trinajstić information content (AvgIpc) is 3.09. The van der Waals surface area contributed by atoms with Crippen LogP contribution in [0.1, 0.15) is 96.8 Å². The van der Waals surface area contributed by atoms with Crippen molar-refractivity contribution in [2.75, 3.05) is 19.7 Å². The van der Waals surface area contributed by atoms with Gasteiger partial charge >= 0.3 is 0 Å². The van der Waals surface area contributed by atoms with Gasteiger partial charge in [-0.3, -0.25) is 4.99 Å². The van der Waals surface area contributed by atoms with E-state index in [2.05, 4.69) is 17.2 Å². The Labute approximate surface area is 144 Å². The molecule has 0 aromatic rings. The van der Waals surface area contributed by atoms with Crippen LogP contribution >= 0.6 is 0 Å². The highest BCUT2D eigenvalue weighted by Gasteiger charge is 2.17. The molecule has 136 valence electrons. The maximum absolute atomic E-state index is 9.06. The van der Waals surface area contributed by atoms with Gasteiger partial charge < -0.3 is 10.4 Å². The lowest BCUT2D eigenvalue weighted by atomic mass is 9.94. The number of amidine groups is 1. The van der Waals surface area contributed by atoms with Crippen LogP contribution in [0.5, 0.6) is 0 Å². The van der Waals surface area contributed by atoms with Crippen molar-refractivity contribution in [2.45, 2.75) is 96.8 Å². The summed E-state index contributed by atoms with van der Waals surface area (Å²) in [6.07, 6.45) is 18.6. The second-order valence-corrected chi connectivity index (χ2v) is 7.08. The summed E-state index contributed by atoms with van der Waals surface area (Å²) < 4.78 is 0. The fourth-order valence-corrected chi connectivity index (χ4v) is 3.50. The molecule has 1 rings (SSSR count). The Morgan fingerprint density at radius 3 is 1.96 bits per heavy atom. The number of aliphatic hydroxyl groups excluding tert-OH is 1. The van der Waals surface area contributed by atoms with Crippen molar-refractivity contribution in [3.05, 3.63) is 0 Å². The lowest BCUT2D eigenvalue weighted by Crippen LogP contribution is -2.27. The Morgan fingerprint density at radius 1 is 0.870 bits per heavy atom. The van der Waals surface area contributed by atoms with Gasteiger partial charge in [-0.15, -0.1) is 0 Å². The minimum Gasteiger partial charge on any atom is -0.396 e. The predicted octanol–water partition coefficient (Wildman–Crippen LogP) is 5.08. The highest BCUT2D eigenvalue weighted by Crippen LogP contribution is 2.19. The Morgan fingerprint density at radius 2 is 1.43 bits per heavy atom. The lowest BCUT2D eigenvalue weighted by Gasteiger charge is -2.17. The molecule has 3 heteroatoms. The lowest BCUT2D eigenvalue weighted by molar-refractivity contribution is 0.276. The summed E-state index contributed by atoms with van der Waals surface area (Å²) in [4.78, 5) is 4.58. The van der Waals surface area contributed by atoms with Crippen LogP contribution in [0.3, 0.4) is 0 Å². The van der Waals surface area contributed by atoms with Gasteiger partial charge in [-0.05, 0) is 19.3 Å². The fourth-order valence-electron chi connectivity index (χ4n) is 3.50. The van der Waals surface area contributed by atoms with Crippen LogP contribution in [0.25, 0.3) is 0 Å². The molecule has 0 radical (unpaired) electrons. The third kappa shape index (κ3) is 10.8. The Balaban J connectivity index is 1.95. The van der Waals surface area contributed by atoms with Crippen LogP contribution in [0.15, 0.2) is 4.99 Å². The Hall–Kier alpha value is -0.570. The molecule has 1 aliphatic heterocycles. The van der Waals surface area contributed by atoms with Crippen LogP contribution in [0.2, 0.25) is 0 Å². The van der Waals surface area contributed by atoms with Crippen molar-refractivity contribution in [2.24, 2.45) is 10.9 Å². The minimum absolute atomic E-state index is 0.308. The summed E-state index contributed by atoms with van der Waals surface area (Å²) in [5.41, 5.74) is 0. The van der Waals surface area contributed by atoms with E-state index in [9.17, 15) is 0 Å². The number of aliphatic imine (C=N–C) groups is 1. The van der Waals surface area contributed by atoms with E-state index in [1.54, 1.807) is 0 Å². The van der Waals surface area contributed by atoms with Crippen molar-refractivity contribution in [1.29, 1.82) is 0 Å². The molecule has 0 aromatic carbocycles. The summed E-state index contributed by atoms with van der Waals surface area (Å²) in [7, 11) is 0. The van der Waals surface area contributed by atoms with Crippen molar-refractivity contribution in [3.63, 3.8) is 0 Å². The zero-order chi connectivity index (χ0) is 16.6. The van der Waals surface area contributed by atoms with Gasteiger partial charge in [0, 0.05) is 19.1 Å². The Bertz CT molecular complexity index is 291. The molecule has 0 fully saturated rings. The predicted molar refractivity (Wildman–Crippen MR) is 101 cm³/mol. The van der Waals surface area contributed by atoms with Gasteiger partial charge in [0.1, 0.15) is 0 Å². The summed E-state index contributed by atoms with van der Waals surface area (Å²) >= 11 is 0. The van der Waals surface area contributed by atoms with Crippen LogP contribution < -0.4 is 5.32 Å². The zero-order valence-electron chi connectivity index (χ0n) is 15.5.